The normalized spacial score (nSPS) is 12.6. The number of hydrogen-bond donors (Lipinski definition) is 1. The first-order valence-corrected chi connectivity index (χ1v) is 41.1. The molecule has 0 amide bonds. The molecule has 0 aliphatic heterocycles. The number of esters is 2. The number of aliphatic hydroxyl groups is 1. The van der Waals surface area contributed by atoms with Crippen molar-refractivity contribution in [3.05, 3.63) is 85.1 Å². The average Bonchev–Trinajstić information content (AvgIpc) is 3.70. The minimum atomic E-state index is -0.775. The molecule has 0 aromatic heterocycles. The first kappa shape index (κ1) is 89.1. The zero-order chi connectivity index (χ0) is 66.1. The predicted molar refractivity (Wildman–Crippen MR) is 408 cm³/mol. The highest BCUT2D eigenvalue weighted by Crippen LogP contribution is 2.20. The summed E-state index contributed by atoms with van der Waals surface area (Å²) in [6.07, 6.45) is 117. The van der Waals surface area contributed by atoms with Crippen molar-refractivity contribution in [3.63, 3.8) is 0 Å². The predicted octanol–water partition coefficient (Wildman–Crippen LogP) is 29.1. The third kappa shape index (κ3) is 79.5. The summed E-state index contributed by atoms with van der Waals surface area (Å²) >= 11 is 0. The van der Waals surface area contributed by atoms with Crippen molar-refractivity contribution in [1.29, 1.82) is 0 Å². The van der Waals surface area contributed by atoms with Gasteiger partial charge in [0.05, 0.1) is 6.61 Å². The fourth-order valence-corrected chi connectivity index (χ4v) is 12.6. The Kier molecular flexibility index (Phi) is 79.7. The highest BCUT2D eigenvalue weighted by Gasteiger charge is 2.16. The number of hydrogen-bond acceptors (Lipinski definition) is 5. The van der Waals surface area contributed by atoms with Gasteiger partial charge in [-0.15, -0.1) is 0 Å². The van der Waals surface area contributed by atoms with Crippen LogP contribution >= 0.6 is 0 Å². The molecular formula is C87H158O5. The highest BCUT2D eigenvalue weighted by atomic mass is 16.6. The van der Waals surface area contributed by atoms with Gasteiger partial charge in [0.1, 0.15) is 6.61 Å². The van der Waals surface area contributed by atoms with E-state index in [1.54, 1.807) is 0 Å². The number of unbranched alkanes of at least 4 members (excludes halogenated alkanes) is 55. The largest absolute Gasteiger partial charge is 0.462 e. The van der Waals surface area contributed by atoms with Gasteiger partial charge in [0.15, 0.2) is 6.10 Å². The number of carbonyl (C=O) groups is 2. The molecule has 0 fully saturated rings. The maximum Gasteiger partial charge on any atom is 0.306 e. The fourth-order valence-electron chi connectivity index (χ4n) is 12.6. The molecule has 0 saturated heterocycles. The minimum Gasteiger partial charge on any atom is -0.462 e. The Morgan fingerprint density at radius 3 is 0.707 bits per heavy atom. The van der Waals surface area contributed by atoms with E-state index in [1.165, 1.54) is 327 Å². The summed E-state index contributed by atoms with van der Waals surface area (Å²) in [6, 6.07) is 0. The van der Waals surface area contributed by atoms with Gasteiger partial charge >= 0.3 is 11.9 Å². The van der Waals surface area contributed by atoms with Gasteiger partial charge in [-0.25, -0.2) is 0 Å². The summed E-state index contributed by atoms with van der Waals surface area (Å²) in [5, 5.41) is 9.73. The summed E-state index contributed by atoms with van der Waals surface area (Å²) in [5.41, 5.74) is 0. The van der Waals surface area contributed by atoms with Crippen LogP contribution in [0.4, 0.5) is 0 Å². The van der Waals surface area contributed by atoms with Crippen molar-refractivity contribution >= 4 is 11.9 Å². The monoisotopic (exact) mass is 1280 g/mol. The number of carbonyl (C=O) groups excluding carboxylic acids is 2. The van der Waals surface area contributed by atoms with Gasteiger partial charge < -0.3 is 14.6 Å². The van der Waals surface area contributed by atoms with Crippen LogP contribution < -0.4 is 0 Å². The molecule has 0 aliphatic rings. The fraction of sp³-hybridized carbons (Fsp3) is 0.816. The molecule has 0 rings (SSSR count). The minimum absolute atomic E-state index is 0.0629. The summed E-state index contributed by atoms with van der Waals surface area (Å²) in [6.45, 7) is 4.09. The lowest BCUT2D eigenvalue weighted by Gasteiger charge is -2.15. The maximum absolute atomic E-state index is 12.4. The van der Waals surface area contributed by atoms with Gasteiger partial charge in [0.2, 0.25) is 0 Å². The number of rotatable bonds is 77. The van der Waals surface area contributed by atoms with Crippen LogP contribution in [0.5, 0.6) is 0 Å². The number of ether oxygens (including phenoxy) is 2. The molecule has 1 N–H and O–H groups in total. The summed E-state index contributed by atoms with van der Waals surface area (Å²) in [7, 11) is 0. The van der Waals surface area contributed by atoms with Crippen LogP contribution in [-0.2, 0) is 19.1 Å². The molecule has 0 bridgehead atoms. The van der Waals surface area contributed by atoms with E-state index in [2.05, 4.69) is 98.9 Å². The van der Waals surface area contributed by atoms with E-state index in [4.69, 9.17) is 9.47 Å². The SMILES string of the molecule is CC/C=C\C/C=C\C/C=C\C/C=C\C/C=C\C/C=C\C/C=C\CCCCCCCCCCCCCCCCCC(=O)OC(CO)COC(=O)CCCCCCCCCCCCCCCCCCCCCCCCCCCCCCCCCCCCCCCCCCC. The van der Waals surface area contributed by atoms with Gasteiger partial charge in [-0.3, -0.25) is 9.59 Å². The van der Waals surface area contributed by atoms with Crippen molar-refractivity contribution in [1.82, 2.24) is 0 Å². The van der Waals surface area contributed by atoms with Crippen LogP contribution in [0.1, 0.15) is 438 Å². The number of aliphatic hydroxyl groups excluding tert-OH is 1. The van der Waals surface area contributed by atoms with Crippen molar-refractivity contribution in [2.24, 2.45) is 0 Å². The van der Waals surface area contributed by atoms with Crippen molar-refractivity contribution in [2.75, 3.05) is 13.2 Å². The van der Waals surface area contributed by atoms with Crippen LogP contribution in [0, 0.1) is 0 Å². The van der Waals surface area contributed by atoms with Gasteiger partial charge in [-0.1, -0.05) is 439 Å². The zero-order valence-electron chi connectivity index (χ0n) is 61.8. The summed E-state index contributed by atoms with van der Waals surface area (Å²) in [5.74, 6) is -0.571. The Balaban J connectivity index is 3.39. The van der Waals surface area contributed by atoms with Crippen LogP contribution in [-0.4, -0.2) is 36.4 Å². The maximum atomic E-state index is 12.4. The first-order valence-electron chi connectivity index (χ1n) is 41.1. The molecular weight excluding hydrogens is 1120 g/mol. The van der Waals surface area contributed by atoms with E-state index in [-0.39, 0.29) is 25.2 Å². The van der Waals surface area contributed by atoms with Crippen LogP contribution in [0.15, 0.2) is 85.1 Å². The second-order valence-corrected chi connectivity index (χ2v) is 27.8. The molecule has 92 heavy (non-hydrogen) atoms. The van der Waals surface area contributed by atoms with E-state index in [1.807, 2.05) is 0 Å². The van der Waals surface area contributed by atoms with Gasteiger partial charge in [-0.2, -0.15) is 0 Å². The molecule has 1 unspecified atom stereocenters. The third-order valence-electron chi connectivity index (χ3n) is 18.7. The topological polar surface area (TPSA) is 72.8 Å². The van der Waals surface area contributed by atoms with E-state index >= 15 is 0 Å². The highest BCUT2D eigenvalue weighted by molar-refractivity contribution is 5.70. The third-order valence-corrected chi connectivity index (χ3v) is 18.7. The second-order valence-electron chi connectivity index (χ2n) is 27.8. The Morgan fingerprint density at radius 2 is 0.467 bits per heavy atom. The van der Waals surface area contributed by atoms with E-state index in [9.17, 15) is 14.7 Å². The lowest BCUT2D eigenvalue weighted by molar-refractivity contribution is -0.161. The molecule has 0 radical (unpaired) electrons. The Bertz CT molecular complexity index is 1650. The second kappa shape index (κ2) is 82.3. The molecule has 5 heteroatoms. The van der Waals surface area contributed by atoms with Crippen molar-refractivity contribution in [2.45, 2.75) is 444 Å². The lowest BCUT2D eigenvalue weighted by atomic mass is 10.0. The molecule has 5 nitrogen and oxygen atoms in total. The summed E-state index contributed by atoms with van der Waals surface area (Å²) < 4.78 is 10.8. The van der Waals surface area contributed by atoms with Crippen molar-refractivity contribution in [3.8, 4) is 0 Å². The quantitative estimate of drug-likeness (QED) is 0.0373. The van der Waals surface area contributed by atoms with Crippen LogP contribution in [0.3, 0.4) is 0 Å². The van der Waals surface area contributed by atoms with Crippen LogP contribution in [0.25, 0.3) is 0 Å². The van der Waals surface area contributed by atoms with Crippen molar-refractivity contribution < 1.29 is 24.2 Å². The molecule has 0 aliphatic carbocycles. The van der Waals surface area contributed by atoms with Crippen LogP contribution in [0.2, 0.25) is 0 Å². The lowest BCUT2D eigenvalue weighted by Crippen LogP contribution is -2.28. The Hall–Kier alpha value is -2.92. The molecule has 0 aromatic rings. The number of allylic oxidation sites excluding steroid dienone is 14. The van der Waals surface area contributed by atoms with E-state index < -0.39 is 6.10 Å². The molecule has 1 atom stereocenters. The smallest absolute Gasteiger partial charge is 0.306 e. The Labute approximate surface area is 575 Å². The molecule has 0 heterocycles. The summed E-state index contributed by atoms with van der Waals surface area (Å²) in [4.78, 5) is 24.7. The zero-order valence-corrected chi connectivity index (χ0v) is 61.8. The van der Waals surface area contributed by atoms with E-state index in [0.717, 1.165) is 83.5 Å². The van der Waals surface area contributed by atoms with Gasteiger partial charge in [-0.05, 0) is 70.6 Å². The molecule has 0 spiro atoms. The molecule has 0 aromatic carbocycles. The average molecular weight is 1280 g/mol. The molecule has 0 saturated carbocycles. The van der Waals surface area contributed by atoms with Gasteiger partial charge in [0.25, 0.3) is 0 Å². The standard InChI is InChI=1S/C87H158O5/c1-3-5-7-9-11-13-15-17-19-21-23-25-27-29-31-33-35-37-39-41-42-43-44-46-47-49-51-53-55-57-59-61-63-65-67-69-71-73-75-77-79-81-86(89)91-84-85(83-88)92-87(90)82-80-78-76-74-72-70-68-66-64-62-60-58-56-54-52-50-48-45-40-38-36-34-32-30-28-26-24-22-20-18-16-14-12-10-8-6-4-2/h6,8,12,14,18,20,24,26,30,32,36,38,45,48,85,88H,3-5,7,9-11,13,15-17,19,21-23,25,27-29,31,33-35,37,39-44,46-47,49-84H2,1-2H3/b8-6-,14-12-,20-18-,26-24-,32-30-,38-36-,48-45-. The van der Waals surface area contributed by atoms with E-state index in [0.29, 0.717) is 12.8 Å². The Morgan fingerprint density at radius 1 is 0.261 bits per heavy atom. The first-order chi connectivity index (χ1) is 45.6. The molecule has 536 valence electrons. The van der Waals surface area contributed by atoms with Gasteiger partial charge in [0, 0.05) is 12.8 Å².